The molecule has 1 atom stereocenters. The highest BCUT2D eigenvalue weighted by molar-refractivity contribution is 7.10. The van der Waals surface area contributed by atoms with E-state index in [0.29, 0.717) is 6.42 Å². The average molecular weight is 229 g/mol. The first kappa shape index (κ1) is 9.60. The molecule has 1 aliphatic rings. The van der Waals surface area contributed by atoms with Gasteiger partial charge in [-0.2, -0.15) is 0 Å². The van der Waals surface area contributed by atoms with Crippen LogP contribution >= 0.6 is 11.3 Å². The third kappa shape index (κ3) is 1.53. The molecule has 2 nitrogen and oxygen atoms in total. The van der Waals surface area contributed by atoms with Gasteiger partial charge in [-0.05, 0) is 17.0 Å². The Morgan fingerprint density at radius 2 is 2.00 bits per heavy atom. The van der Waals surface area contributed by atoms with Gasteiger partial charge in [0.1, 0.15) is 0 Å². The van der Waals surface area contributed by atoms with Gasteiger partial charge in [0.15, 0.2) is 0 Å². The summed E-state index contributed by atoms with van der Waals surface area (Å²) in [6.45, 7) is 0. The topological polar surface area (TPSA) is 29.1 Å². The first-order valence-corrected chi connectivity index (χ1v) is 6.15. The molecule has 0 saturated heterocycles. The standard InChI is InChI=1S/C13H11NOS/c15-12-8-10(9-4-2-1-3-5-9)13-11(14-12)6-7-16-13/h1-7,10H,8H2,(H,14,15). The number of carbonyl (C=O) groups is 1. The van der Waals surface area contributed by atoms with E-state index in [9.17, 15) is 4.79 Å². The van der Waals surface area contributed by atoms with E-state index < -0.39 is 0 Å². The predicted octanol–water partition coefficient (Wildman–Crippen LogP) is 3.22. The van der Waals surface area contributed by atoms with Crippen LogP contribution in [0.25, 0.3) is 0 Å². The van der Waals surface area contributed by atoms with E-state index in [1.807, 2.05) is 29.6 Å². The summed E-state index contributed by atoms with van der Waals surface area (Å²) in [6.07, 6.45) is 0.553. The second-order valence-corrected chi connectivity index (χ2v) is 4.86. The van der Waals surface area contributed by atoms with Gasteiger partial charge in [-0.15, -0.1) is 11.3 Å². The molecular formula is C13H11NOS. The van der Waals surface area contributed by atoms with Crippen molar-refractivity contribution in [3.8, 4) is 0 Å². The normalized spacial score (nSPS) is 19.0. The third-order valence-electron chi connectivity index (χ3n) is 2.88. The number of hydrogen-bond donors (Lipinski definition) is 1. The summed E-state index contributed by atoms with van der Waals surface area (Å²) in [5.74, 6) is 0.338. The third-order valence-corrected chi connectivity index (χ3v) is 3.91. The van der Waals surface area contributed by atoms with E-state index in [2.05, 4.69) is 17.4 Å². The number of nitrogens with one attached hydrogen (secondary N) is 1. The largest absolute Gasteiger partial charge is 0.325 e. The van der Waals surface area contributed by atoms with Crippen molar-refractivity contribution >= 4 is 22.9 Å². The Morgan fingerprint density at radius 3 is 2.81 bits per heavy atom. The van der Waals surface area contributed by atoms with E-state index >= 15 is 0 Å². The first-order valence-electron chi connectivity index (χ1n) is 5.27. The zero-order valence-electron chi connectivity index (χ0n) is 8.64. The van der Waals surface area contributed by atoms with Gasteiger partial charge in [0.25, 0.3) is 0 Å². The highest BCUT2D eigenvalue weighted by atomic mass is 32.1. The van der Waals surface area contributed by atoms with Crippen molar-refractivity contribution in [2.75, 3.05) is 5.32 Å². The minimum absolute atomic E-state index is 0.111. The Morgan fingerprint density at radius 1 is 1.19 bits per heavy atom. The molecule has 2 aromatic rings. The number of carbonyl (C=O) groups excluding carboxylic acids is 1. The molecule has 0 spiro atoms. The van der Waals surface area contributed by atoms with Gasteiger partial charge in [-0.1, -0.05) is 30.3 Å². The first-order chi connectivity index (χ1) is 7.84. The molecule has 1 amide bonds. The van der Waals surface area contributed by atoms with E-state index in [4.69, 9.17) is 0 Å². The maximum atomic E-state index is 11.6. The molecule has 16 heavy (non-hydrogen) atoms. The van der Waals surface area contributed by atoms with Crippen LogP contribution in [0.15, 0.2) is 41.8 Å². The SMILES string of the molecule is O=C1CC(c2ccccc2)c2sccc2N1. The van der Waals surface area contributed by atoms with Crippen molar-refractivity contribution in [1.82, 2.24) is 0 Å². The van der Waals surface area contributed by atoms with Crippen molar-refractivity contribution in [2.45, 2.75) is 12.3 Å². The zero-order valence-corrected chi connectivity index (χ0v) is 9.46. The summed E-state index contributed by atoms with van der Waals surface area (Å²) in [4.78, 5) is 12.9. The summed E-state index contributed by atoms with van der Waals surface area (Å²) in [7, 11) is 0. The highest BCUT2D eigenvalue weighted by Gasteiger charge is 2.27. The second-order valence-electron chi connectivity index (χ2n) is 3.91. The number of thiophene rings is 1. The molecule has 0 saturated carbocycles. The van der Waals surface area contributed by atoms with Gasteiger partial charge >= 0.3 is 0 Å². The monoisotopic (exact) mass is 229 g/mol. The number of benzene rings is 1. The van der Waals surface area contributed by atoms with E-state index in [-0.39, 0.29) is 11.8 Å². The lowest BCUT2D eigenvalue weighted by molar-refractivity contribution is -0.116. The lowest BCUT2D eigenvalue weighted by Crippen LogP contribution is -2.21. The molecule has 0 radical (unpaired) electrons. The molecular weight excluding hydrogens is 218 g/mol. The number of amides is 1. The Kier molecular flexibility index (Phi) is 2.26. The van der Waals surface area contributed by atoms with Crippen LogP contribution < -0.4 is 5.32 Å². The van der Waals surface area contributed by atoms with Crippen molar-refractivity contribution in [3.63, 3.8) is 0 Å². The van der Waals surface area contributed by atoms with Crippen LogP contribution in [0, 0.1) is 0 Å². The molecule has 1 aromatic heterocycles. The number of hydrogen-bond acceptors (Lipinski definition) is 2. The molecule has 80 valence electrons. The van der Waals surface area contributed by atoms with Gasteiger partial charge in [-0.25, -0.2) is 0 Å². The molecule has 1 aliphatic heterocycles. The Bertz CT molecular complexity index is 518. The van der Waals surface area contributed by atoms with Crippen molar-refractivity contribution in [1.29, 1.82) is 0 Å². The van der Waals surface area contributed by atoms with Gasteiger partial charge in [-0.3, -0.25) is 4.79 Å². The minimum atomic E-state index is 0.111. The van der Waals surface area contributed by atoms with Crippen LogP contribution in [-0.4, -0.2) is 5.91 Å². The summed E-state index contributed by atoms with van der Waals surface area (Å²) in [5, 5.41) is 4.95. The van der Waals surface area contributed by atoms with Crippen LogP contribution in [0.4, 0.5) is 5.69 Å². The van der Waals surface area contributed by atoms with E-state index in [0.717, 1.165) is 5.69 Å². The van der Waals surface area contributed by atoms with Crippen LogP contribution in [0.2, 0.25) is 0 Å². The average Bonchev–Trinajstić information content (AvgIpc) is 2.77. The minimum Gasteiger partial charge on any atom is -0.325 e. The molecule has 0 fully saturated rings. The highest BCUT2D eigenvalue weighted by Crippen LogP contribution is 2.40. The molecule has 1 N–H and O–H groups in total. The smallest absolute Gasteiger partial charge is 0.225 e. The van der Waals surface area contributed by atoms with Crippen LogP contribution in [0.3, 0.4) is 0 Å². The fourth-order valence-electron chi connectivity index (χ4n) is 2.13. The summed E-state index contributed by atoms with van der Waals surface area (Å²) in [5.41, 5.74) is 2.20. The molecule has 0 aliphatic carbocycles. The van der Waals surface area contributed by atoms with E-state index in [1.165, 1.54) is 10.4 Å². The molecule has 3 heteroatoms. The van der Waals surface area contributed by atoms with Crippen LogP contribution in [-0.2, 0) is 4.79 Å². The van der Waals surface area contributed by atoms with E-state index in [1.54, 1.807) is 11.3 Å². The number of rotatable bonds is 1. The molecule has 1 unspecified atom stereocenters. The maximum Gasteiger partial charge on any atom is 0.225 e. The Labute approximate surface area is 97.9 Å². The summed E-state index contributed by atoms with van der Waals surface area (Å²) in [6, 6.07) is 12.2. The zero-order chi connectivity index (χ0) is 11.0. The van der Waals surface area contributed by atoms with Gasteiger partial charge < -0.3 is 5.32 Å². The summed E-state index contributed by atoms with van der Waals surface area (Å²) >= 11 is 1.72. The van der Waals surface area contributed by atoms with Crippen molar-refractivity contribution < 1.29 is 4.79 Å². The van der Waals surface area contributed by atoms with Crippen LogP contribution in [0.1, 0.15) is 22.8 Å². The van der Waals surface area contributed by atoms with Crippen molar-refractivity contribution in [3.05, 3.63) is 52.2 Å². The summed E-state index contributed by atoms with van der Waals surface area (Å²) < 4.78 is 0. The molecule has 0 bridgehead atoms. The lowest BCUT2D eigenvalue weighted by atomic mass is 9.91. The van der Waals surface area contributed by atoms with Crippen molar-refractivity contribution in [2.24, 2.45) is 0 Å². The van der Waals surface area contributed by atoms with Gasteiger partial charge in [0, 0.05) is 17.2 Å². The maximum absolute atomic E-state index is 11.6. The van der Waals surface area contributed by atoms with Gasteiger partial charge in [0.2, 0.25) is 5.91 Å². The molecule has 2 heterocycles. The number of fused-ring (bicyclic) bond motifs is 1. The fourth-order valence-corrected chi connectivity index (χ4v) is 3.11. The quantitative estimate of drug-likeness (QED) is 0.799. The fraction of sp³-hybridized carbons (Fsp3) is 0.154. The van der Waals surface area contributed by atoms with Gasteiger partial charge in [0.05, 0.1) is 5.69 Å². The Balaban J connectivity index is 2.07. The molecule has 3 rings (SSSR count). The number of anilines is 1. The predicted molar refractivity (Wildman–Crippen MR) is 65.9 cm³/mol. The Hall–Kier alpha value is -1.61. The second kappa shape index (κ2) is 3.76. The lowest BCUT2D eigenvalue weighted by Gasteiger charge is -2.22. The molecule has 1 aromatic carbocycles. The van der Waals surface area contributed by atoms with Crippen LogP contribution in [0.5, 0.6) is 0 Å².